The molecule has 0 saturated heterocycles. The van der Waals surface area contributed by atoms with Gasteiger partial charge in [-0.1, -0.05) is 76.9 Å². The zero-order valence-corrected chi connectivity index (χ0v) is 11.2. The van der Waals surface area contributed by atoms with E-state index in [0.29, 0.717) is 0 Å². The fraction of sp³-hybridized carbons (Fsp3) is 0.875. The summed E-state index contributed by atoms with van der Waals surface area (Å²) < 4.78 is 0. The van der Waals surface area contributed by atoms with Crippen molar-refractivity contribution in [2.45, 2.75) is 84.0 Å². The second-order valence-corrected chi connectivity index (χ2v) is 5.40. The monoisotopic (exact) mass is 222 g/mol. The summed E-state index contributed by atoms with van der Waals surface area (Å²) in [5, 5.41) is 0. The lowest BCUT2D eigenvalue weighted by molar-refractivity contribution is 0.330. The van der Waals surface area contributed by atoms with Crippen molar-refractivity contribution in [1.82, 2.24) is 0 Å². The van der Waals surface area contributed by atoms with Gasteiger partial charge in [0, 0.05) is 0 Å². The van der Waals surface area contributed by atoms with E-state index in [0.717, 1.165) is 5.92 Å². The SMILES string of the molecule is CCCCC=CCCCCC1CCCCC1. The van der Waals surface area contributed by atoms with Crippen LogP contribution in [0.25, 0.3) is 0 Å². The van der Waals surface area contributed by atoms with Gasteiger partial charge in [0.1, 0.15) is 0 Å². The topological polar surface area (TPSA) is 0 Å². The molecule has 1 fully saturated rings. The van der Waals surface area contributed by atoms with Crippen LogP contribution in [0, 0.1) is 5.92 Å². The average molecular weight is 222 g/mol. The Kier molecular flexibility index (Phi) is 8.57. The van der Waals surface area contributed by atoms with Crippen LogP contribution in [-0.4, -0.2) is 0 Å². The van der Waals surface area contributed by atoms with Gasteiger partial charge >= 0.3 is 0 Å². The molecule has 94 valence electrons. The van der Waals surface area contributed by atoms with Gasteiger partial charge < -0.3 is 0 Å². The Balaban J connectivity index is 1.85. The highest BCUT2D eigenvalue weighted by Crippen LogP contribution is 2.27. The van der Waals surface area contributed by atoms with Crippen LogP contribution < -0.4 is 0 Å². The molecule has 0 aliphatic heterocycles. The molecule has 1 saturated carbocycles. The van der Waals surface area contributed by atoms with Crippen LogP contribution in [0.15, 0.2) is 12.2 Å². The molecule has 0 heterocycles. The van der Waals surface area contributed by atoms with E-state index >= 15 is 0 Å². The predicted octanol–water partition coefficient (Wildman–Crippen LogP) is 5.87. The van der Waals surface area contributed by atoms with E-state index in [1.165, 1.54) is 77.0 Å². The summed E-state index contributed by atoms with van der Waals surface area (Å²) in [5.74, 6) is 1.08. The van der Waals surface area contributed by atoms with Gasteiger partial charge in [-0.25, -0.2) is 0 Å². The summed E-state index contributed by atoms with van der Waals surface area (Å²) in [6, 6.07) is 0. The Hall–Kier alpha value is -0.260. The summed E-state index contributed by atoms with van der Waals surface area (Å²) in [7, 11) is 0. The molecule has 1 aliphatic rings. The quantitative estimate of drug-likeness (QED) is 0.356. The summed E-state index contributed by atoms with van der Waals surface area (Å²) in [6.07, 6.45) is 22.0. The van der Waals surface area contributed by atoms with Crippen LogP contribution in [0.3, 0.4) is 0 Å². The molecule has 1 rings (SSSR count). The number of rotatable bonds is 8. The van der Waals surface area contributed by atoms with Gasteiger partial charge in [-0.2, -0.15) is 0 Å². The molecule has 0 aromatic rings. The first-order valence-corrected chi connectivity index (χ1v) is 7.58. The molecule has 0 radical (unpaired) electrons. The Morgan fingerprint density at radius 1 is 0.875 bits per heavy atom. The molecule has 0 bridgehead atoms. The van der Waals surface area contributed by atoms with Crippen molar-refractivity contribution in [3.05, 3.63) is 12.2 Å². The van der Waals surface area contributed by atoms with Crippen molar-refractivity contribution in [3.63, 3.8) is 0 Å². The van der Waals surface area contributed by atoms with Gasteiger partial charge in [-0.15, -0.1) is 0 Å². The molecule has 16 heavy (non-hydrogen) atoms. The van der Waals surface area contributed by atoms with Gasteiger partial charge in [0.25, 0.3) is 0 Å². The van der Waals surface area contributed by atoms with E-state index in [2.05, 4.69) is 19.1 Å². The first kappa shape index (κ1) is 13.8. The van der Waals surface area contributed by atoms with Crippen molar-refractivity contribution in [2.24, 2.45) is 5.92 Å². The lowest BCUT2D eigenvalue weighted by Crippen LogP contribution is -2.05. The van der Waals surface area contributed by atoms with Crippen LogP contribution in [0.5, 0.6) is 0 Å². The summed E-state index contributed by atoms with van der Waals surface area (Å²) in [6.45, 7) is 2.26. The number of allylic oxidation sites excluding steroid dienone is 2. The summed E-state index contributed by atoms with van der Waals surface area (Å²) >= 11 is 0. The molecule has 0 heteroatoms. The van der Waals surface area contributed by atoms with E-state index in [9.17, 15) is 0 Å². The van der Waals surface area contributed by atoms with E-state index in [1.807, 2.05) is 0 Å². The zero-order chi connectivity index (χ0) is 11.5. The largest absolute Gasteiger partial charge is 0.0885 e. The van der Waals surface area contributed by atoms with Crippen LogP contribution in [0.4, 0.5) is 0 Å². The third-order valence-corrected chi connectivity index (χ3v) is 3.85. The smallest absolute Gasteiger partial charge is 0.0351 e. The molecule has 0 unspecified atom stereocenters. The van der Waals surface area contributed by atoms with E-state index in [4.69, 9.17) is 0 Å². The normalized spacial score (nSPS) is 18.3. The Bertz CT molecular complexity index is 163. The highest BCUT2D eigenvalue weighted by atomic mass is 14.2. The molecular weight excluding hydrogens is 192 g/mol. The second kappa shape index (κ2) is 9.93. The fourth-order valence-corrected chi connectivity index (χ4v) is 2.73. The van der Waals surface area contributed by atoms with Crippen molar-refractivity contribution in [3.8, 4) is 0 Å². The van der Waals surface area contributed by atoms with Crippen molar-refractivity contribution in [2.75, 3.05) is 0 Å². The highest BCUT2D eigenvalue weighted by molar-refractivity contribution is 4.81. The minimum atomic E-state index is 1.08. The minimum absolute atomic E-state index is 1.08. The first-order chi connectivity index (χ1) is 7.93. The molecular formula is C16H30. The third kappa shape index (κ3) is 7.09. The maximum absolute atomic E-state index is 2.40. The number of hydrogen-bond donors (Lipinski definition) is 0. The summed E-state index contributed by atoms with van der Waals surface area (Å²) in [4.78, 5) is 0. The lowest BCUT2D eigenvalue weighted by Gasteiger charge is -2.21. The predicted molar refractivity (Wildman–Crippen MR) is 73.7 cm³/mol. The molecule has 0 N–H and O–H groups in total. The van der Waals surface area contributed by atoms with Crippen molar-refractivity contribution in [1.29, 1.82) is 0 Å². The van der Waals surface area contributed by atoms with Crippen molar-refractivity contribution >= 4 is 0 Å². The van der Waals surface area contributed by atoms with E-state index in [-0.39, 0.29) is 0 Å². The molecule has 0 atom stereocenters. The van der Waals surface area contributed by atoms with Crippen LogP contribution in [-0.2, 0) is 0 Å². The Morgan fingerprint density at radius 3 is 2.25 bits per heavy atom. The van der Waals surface area contributed by atoms with Gasteiger partial charge in [-0.3, -0.25) is 0 Å². The zero-order valence-electron chi connectivity index (χ0n) is 11.2. The maximum Gasteiger partial charge on any atom is -0.0351 e. The average Bonchev–Trinajstić information content (AvgIpc) is 2.34. The van der Waals surface area contributed by atoms with E-state index < -0.39 is 0 Å². The molecule has 1 aliphatic carbocycles. The van der Waals surface area contributed by atoms with Crippen LogP contribution in [0.2, 0.25) is 0 Å². The van der Waals surface area contributed by atoms with Gasteiger partial charge in [0.05, 0.1) is 0 Å². The second-order valence-electron chi connectivity index (χ2n) is 5.40. The van der Waals surface area contributed by atoms with Gasteiger partial charge in [0.15, 0.2) is 0 Å². The molecule has 0 aromatic carbocycles. The van der Waals surface area contributed by atoms with Crippen LogP contribution in [0.1, 0.15) is 84.0 Å². The Morgan fingerprint density at radius 2 is 1.56 bits per heavy atom. The molecule has 0 amide bonds. The van der Waals surface area contributed by atoms with E-state index in [1.54, 1.807) is 0 Å². The number of unbranched alkanes of at least 4 members (excludes halogenated alkanes) is 4. The van der Waals surface area contributed by atoms with Gasteiger partial charge in [-0.05, 0) is 25.2 Å². The molecule has 0 spiro atoms. The van der Waals surface area contributed by atoms with Crippen molar-refractivity contribution < 1.29 is 0 Å². The summed E-state index contributed by atoms with van der Waals surface area (Å²) in [5.41, 5.74) is 0. The first-order valence-electron chi connectivity index (χ1n) is 7.58. The number of hydrogen-bond acceptors (Lipinski definition) is 0. The maximum atomic E-state index is 2.40. The molecule has 0 nitrogen and oxygen atoms in total. The molecule has 0 aromatic heterocycles. The standard InChI is InChI=1S/C16H30/c1-2-3-4-5-6-7-8-10-13-16-14-11-9-12-15-16/h5-6,16H,2-4,7-15H2,1H3. The minimum Gasteiger partial charge on any atom is -0.0885 e. The van der Waals surface area contributed by atoms with Crippen LogP contribution >= 0.6 is 0 Å². The lowest BCUT2D eigenvalue weighted by atomic mass is 9.85. The highest BCUT2D eigenvalue weighted by Gasteiger charge is 2.11. The van der Waals surface area contributed by atoms with Gasteiger partial charge in [0.2, 0.25) is 0 Å². The third-order valence-electron chi connectivity index (χ3n) is 3.85. The fourth-order valence-electron chi connectivity index (χ4n) is 2.73. The Labute approximate surface area is 103 Å².